The largest absolute Gasteiger partial charge is 0.481 e. The van der Waals surface area contributed by atoms with Crippen LogP contribution in [-0.4, -0.2) is 41.1 Å². The van der Waals surface area contributed by atoms with Gasteiger partial charge in [0.1, 0.15) is 0 Å². The molecule has 0 spiro atoms. The number of carboxylic acids is 1. The lowest BCUT2D eigenvalue weighted by molar-refractivity contribution is -0.138. The van der Waals surface area contributed by atoms with E-state index in [0.29, 0.717) is 13.1 Å². The maximum absolute atomic E-state index is 12.2. The minimum Gasteiger partial charge on any atom is -0.481 e. The Kier molecular flexibility index (Phi) is 5.61. The van der Waals surface area contributed by atoms with Gasteiger partial charge in [-0.2, -0.15) is 0 Å². The van der Waals surface area contributed by atoms with E-state index in [1.165, 1.54) is 4.88 Å². The number of aliphatic carboxylic acids is 1. The van der Waals surface area contributed by atoms with Gasteiger partial charge in [0.15, 0.2) is 0 Å². The normalized spacial score (nSPS) is 20.0. The first kappa shape index (κ1) is 15.8. The highest BCUT2D eigenvalue weighted by molar-refractivity contribution is 7.09. The van der Waals surface area contributed by atoms with E-state index >= 15 is 0 Å². The number of carbonyl (C=O) groups is 2. The van der Waals surface area contributed by atoms with Crippen LogP contribution < -0.4 is 5.32 Å². The highest BCUT2D eigenvalue weighted by Gasteiger charge is 2.25. The minimum absolute atomic E-state index is 0.0749. The highest BCUT2D eigenvalue weighted by atomic mass is 32.1. The zero-order valence-electron chi connectivity index (χ0n) is 12.2. The number of piperidine rings is 1. The van der Waals surface area contributed by atoms with E-state index in [0.717, 1.165) is 19.3 Å². The van der Waals surface area contributed by atoms with Crippen molar-refractivity contribution in [2.75, 3.05) is 13.1 Å². The van der Waals surface area contributed by atoms with E-state index in [1.807, 2.05) is 18.4 Å². The van der Waals surface area contributed by atoms with E-state index in [1.54, 1.807) is 16.2 Å². The Morgan fingerprint density at radius 3 is 3.05 bits per heavy atom. The van der Waals surface area contributed by atoms with Gasteiger partial charge in [0.05, 0.1) is 0 Å². The molecular formula is C15H22N2O3S. The average molecular weight is 310 g/mol. The molecule has 1 aromatic rings. The van der Waals surface area contributed by atoms with Crippen molar-refractivity contribution in [3.05, 3.63) is 22.4 Å². The maximum atomic E-state index is 12.2. The molecule has 5 nitrogen and oxygen atoms in total. The molecule has 1 saturated heterocycles. The molecule has 1 aliphatic rings. The van der Waals surface area contributed by atoms with Crippen LogP contribution in [0.15, 0.2) is 17.5 Å². The Hall–Kier alpha value is -1.56. The predicted octanol–water partition coefficient (Wildman–Crippen LogP) is 2.58. The van der Waals surface area contributed by atoms with Crippen molar-refractivity contribution in [1.82, 2.24) is 10.2 Å². The van der Waals surface area contributed by atoms with Crippen molar-refractivity contribution < 1.29 is 14.7 Å². The predicted molar refractivity (Wildman–Crippen MR) is 82.6 cm³/mol. The van der Waals surface area contributed by atoms with Crippen molar-refractivity contribution in [1.29, 1.82) is 0 Å². The van der Waals surface area contributed by atoms with Gasteiger partial charge in [-0.15, -0.1) is 11.3 Å². The lowest BCUT2D eigenvalue weighted by Gasteiger charge is -2.33. The fraction of sp³-hybridized carbons (Fsp3) is 0.600. The summed E-state index contributed by atoms with van der Waals surface area (Å²) in [5, 5.41) is 13.9. The molecular weight excluding hydrogens is 288 g/mol. The SMILES string of the molecule is CC(Cc1cccs1)NC(=O)N1CCCC(CC(=O)O)C1. The Balaban J connectivity index is 1.80. The molecule has 6 heteroatoms. The van der Waals surface area contributed by atoms with Crippen LogP contribution in [-0.2, 0) is 11.2 Å². The van der Waals surface area contributed by atoms with Crippen LogP contribution >= 0.6 is 11.3 Å². The number of carboxylic acid groups (broad SMARTS) is 1. The molecule has 0 radical (unpaired) electrons. The van der Waals surface area contributed by atoms with Gasteiger partial charge >= 0.3 is 12.0 Å². The van der Waals surface area contributed by atoms with Gasteiger partial charge in [0.2, 0.25) is 0 Å². The molecule has 0 aliphatic carbocycles. The summed E-state index contributed by atoms with van der Waals surface area (Å²) in [5.74, 6) is -0.706. The van der Waals surface area contributed by atoms with Gasteiger partial charge in [-0.1, -0.05) is 6.07 Å². The van der Waals surface area contributed by atoms with Crippen LogP contribution in [0.3, 0.4) is 0 Å². The number of nitrogens with one attached hydrogen (secondary N) is 1. The number of rotatable bonds is 5. The van der Waals surface area contributed by atoms with E-state index < -0.39 is 5.97 Å². The van der Waals surface area contributed by atoms with E-state index in [-0.39, 0.29) is 24.4 Å². The molecule has 1 aliphatic heterocycles. The van der Waals surface area contributed by atoms with Crippen LogP contribution in [0.1, 0.15) is 31.1 Å². The minimum atomic E-state index is -0.784. The summed E-state index contributed by atoms with van der Waals surface area (Å²) >= 11 is 1.69. The smallest absolute Gasteiger partial charge is 0.317 e. The van der Waals surface area contributed by atoms with Gasteiger partial charge in [0, 0.05) is 36.9 Å². The summed E-state index contributed by atoms with van der Waals surface area (Å²) < 4.78 is 0. The topological polar surface area (TPSA) is 69.6 Å². The summed E-state index contributed by atoms with van der Waals surface area (Å²) in [4.78, 5) is 26.0. The second-order valence-electron chi connectivity index (χ2n) is 5.69. The molecule has 1 fully saturated rings. The number of hydrogen-bond donors (Lipinski definition) is 2. The van der Waals surface area contributed by atoms with Gasteiger partial charge < -0.3 is 15.3 Å². The third-order valence-electron chi connectivity index (χ3n) is 3.73. The van der Waals surface area contributed by atoms with E-state index in [2.05, 4.69) is 11.4 Å². The lowest BCUT2D eigenvalue weighted by atomic mass is 9.95. The van der Waals surface area contributed by atoms with Crippen molar-refractivity contribution >= 4 is 23.3 Å². The van der Waals surface area contributed by atoms with Crippen LogP contribution in [0.25, 0.3) is 0 Å². The number of carbonyl (C=O) groups excluding carboxylic acids is 1. The number of amides is 2. The third kappa shape index (κ3) is 5.04. The zero-order valence-corrected chi connectivity index (χ0v) is 13.1. The molecule has 0 aromatic carbocycles. The molecule has 0 bridgehead atoms. The molecule has 2 rings (SSSR count). The molecule has 2 atom stereocenters. The molecule has 2 heterocycles. The fourth-order valence-corrected chi connectivity index (χ4v) is 3.58. The monoisotopic (exact) mass is 310 g/mol. The van der Waals surface area contributed by atoms with Crippen LogP contribution in [0.2, 0.25) is 0 Å². The molecule has 0 saturated carbocycles. The Morgan fingerprint density at radius 2 is 2.38 bits per heavy atom. The van der Waals surface area contributed by atoms with E-state index in [9.17, 15) is 9.59 Å². The van der Waals surface area contributed by atoms with Crippen molar-refractivity contribution in [2.45, 2.75) is 38.6 Å². The van der Waals surface area contributed by atoms with Crippen molar-refractivity contribution in [3.63, 3.8) is 0 Å². The molecule has 2 unspecified atom stereocenters. The first-order valence-electron chi connectivity index (χ1n) is 7.34. The summed E-state index contributed by atoms with van der Waals surface area (Å²) in [6.07, 6.45) is 2.75. The van der Waals surface area contributed by atoms with Crippen LogP contribution in [0.4, 0.5) is 4.79 Å². The number of nitrogens with zero attached hydrogens (tertiary/aromatic N) is 1. The molecule has 2 N–H and O–H groups in total. The first-order valence-corrected chi connectivity index (χ1v) is 8.22. The Morgan fingerprint density at radius 1 is 1.57 bits per heavy atom. The van der Waals surface area contributed by atoms with Gasteiger partial charge in [-0.05, 0) is 37.1 Å². The van der Waals surface area contributed by atoms with Crippen LogP contribution in [0, 0.1) is 5.92 Å². The maximum Gasteiger partial charge on any atom is 0.317 e. The van der Waals surface area contributed by atoms with Gasteiger partial charge in [-0.25, -0.2) is 4.79 Å². The summed E-state index contributed by atoms with van der Waals surface area (Å²) in [5.41, 5.74) is 0. The summed E-state index contributed by atoms with van der Waals surface area (Å²) in [6.45, 7) is 3.26. The first-order chi connectivity index (χ1) is 10.0. The summed E-state index contributed by atoms with van der Waals surface area (Å²) in [7, 11) is 0. The van der Waals surface area contributed by atoms with Crippen molar-refractivity contribution in [2.24, 2.45) is 5.92 Å². The average Bonchev–Trinajstić information content (AvgIpc) is 2.90. The van der Waals surface area contributed by atoms with Gasteiger partial charge in [-0.3, -0.25) is 4.79 Å². The molecule has 116 valence electrons. The summed E-state index contributed by atoms with van der Waals surface area (Å²) in [6, 6.07) is 4.08. The zero-order chi connectivity index (χ0) is 15.2. The number of likely N-dealkylation sites (tertiary alicyclic amines) is 1. The standard InChI is InChI=1S/C15H22N2O3S/c1-11(8-13-5-3-7-21-13)16-15(20)17-6-2-4-12(10-17)9-14(18)19/h3,5,7,11-12H,2,4,6,8-10H2,1H3,(H,16,20)(H,18,19). The number of hydrogen-bond acceptors (Lipinski definition) is 3. The fourth-order valence-electron chi connectivity index (χ4n) is 2.75. The highest BCUT2D eigenvalue weighted by Crippen LogP contribution is 2.20. The van der Waals surface area contributed by atoms with E-state index in [4.69, 9.17) is 5.11 Å². The Bertz CT molecular complexity index is 475. The lowest BCUT2D eigenvalue weighted by Crippen LogP contribution is -2.48. The van der Waals surface area contributed by atoms with Gasteiger partial charge in [0.25, 0.3) is 0 Å². The van der Waals surface area contributed by atoms with Crippen LogP contribution in [0.5, 0.6) is 0 Å². The second kappa shape index (κ2) is 7.45. The molecule has 21 heavy (non-hydrogen) atoms. The number of thiophene rings is 1. The second-order valence-corrected chi connectivity index (χ2v) is 6.72. The van der Waals surface area contributed by atoms with Crippen molar-refractivity contribution in [3.8, 4) is 0 Å². The quantitative estimate of drug-likeness (QED) is 0.878. The Labute approximate surface area is 129 Å². The third-order valence-corrected chi connectivity index (χ3v) is 4.63. The molecule has 1 aromatic heterocycles. The number of urea groups is 1. The molecule has 2 amide bonds.